The number of rotatable bonds is 4. The first-order valence-electron chi connectivity index (χ1n) is 5.18. The summed E-state index contributed by atoms with van der Waals surface area (Å²) in [5.41, 5.74) is 0. The van der Waals surface area contributed by atoms with Gasteiger partial charge in [0.25, 0.3) is 0 Å². The van der Waals surface area contributed by atoms with Gasteiger partial charge in [0.05, 0.1) is 0 Å². The van der Waals surface area contributed by atoms with Crippen molar-refractivity contribution in [2.24, 2.45) is 0 Å². The van der Waals surface area contributed by atoms with Crippen LogP contribution in [0.15, 0.2) is 0 Å². The molecule has 0 aliphatic carbocycles. The maximum absolute atomic E-state index is 12.0. The Hall–Kier alpha value is -1.33. The second-order valence-corrected chi connectivity index (χ2v) is 6.09. The molecule has 1 saturated heterocycles. The van der Waals surface area contributed by atoms with Crippen LogP contribution in [-0.4, -0.2) is 51.2 Å². The monoisotopic (exact) mass is 293 g/mol. The van der Waals surface area contributed by atoms with Gasteiger partial charge in [0.1, 0.15) is 6.04 Å². The molecule has 2 rings (SSSR count). The van der Waals surface area contributed by atoms with Crippen molar-refractivity contribution in [3.63, 3.8) is 0 Å². The zero-order valence-corrected chi connectivity index (χ0v) is 10.8. The molecule has 1 aliphatic heterocycles. The molecule has 0 amide bonds. The number of carboxylic acid groups (broad SMARTS) is 1. The smallest absolute Gasteiger partial charge is 0.322 e. The molecule has 100 valence electrons. The van der Waals surface area contributed by atoms with Crippen molar-refractivity contribution in [3.05, 3.63) is 0 Å². The van der Waals surface area contributed by atoms with Crippen LogP contribution in [0.4, 0.5) is 5.13 Å². The van der Waals surface area contributed by atoms with Gasteiger partial charge >= 0.3 is 16.2 Å². The van der Waals surface area contributed by atoms with Crippen LogP contribution in [0.5, 0.6) is 0 Å². The van der Waals surface area contributed by atoms with Gasteiger partial charge in [-0.25, -0.2) is 4.72 Å². The number of carboxylic acids is 1. The molecule has 0 bridgehead atoms. The number of hydrogen-bond donors (Lipinski definition) is 2. The summed E-state index contributed by atoms with van der Waals surface area (Å²) in [6, 6.07) is -1.03. The molecule has 2 heterocycles. The van der Waals surface area contributed by atoms with Gasteiger partial charge in [-0.1, -0.05) is 9.59 Å². The molecule has 0 radical (unpaired) electrons. The summed E-state index contributed by atoms with van der Waals surface area (Å²) in [7, 11) is -3.93. The lowest BCUT2D eigenvalue weighted by molar-refractivity contribution is -0.142. The van der Waals surface area contributed by atoms with E-state index in [4.69, 9.17) is 5.11 Å². The van der Waals surface area contributed by atoms with Crippen molar-refractivity contribution < 1.29 is 18.3 Å². The Morgan fingerprint density at radius 3 is 2.89 bits per heavy atom. The molecule has 1 fully saturated rings. The minimum Gasteiger partial charge on any atom is -0.480 e. The summed E-state index contributed by atoms with van der Waals surface area (Å²) in [6.45, 7) is 0.179. The Morgan fingerprint density at radius 2 is 2.28 bits per heavy atom. The maximum atomic E-state index is 12.0. The Morgan fingerprint density at radius 1 is 1.50 bits per heavy atom. The highest BCUT2D eigenvalue weighted by Gasteiger charge is 2.37. The number of hydrogen-bond acceptors (Lipinski definition) is 7. The number of carbonyl (C=O) groups is 1. The summed E-state index contributed by atoms with van der Waals surface area (Å²) in [4.78, 5) is 11.0. The van der Waals surface area contributed by atoms with Gasteiger partial charge in [-0.15, -0.1) is 0 Å². The number of nitrogens with zero attached hydrogens (tertiary/aromatic N) is 4. The van der Waals surface area contributed by atoms with E-state index in [1.54, 1.807) is 0 Å². The highest BCUT2D eigenvalue weighted by atomic mass is 32.2. The summed E-state index contributed by atoms with van der Waals surface area (Å²) >= 11 is 0.787. The predicted octanol–water partition coefficient (Wildman–Crippen LogP) is -0.471. The van der Waals surface area contributed by atoms with E-state index >= 15 is 0 Å². The first kappa shape index (κ1) is 13.1. The lowest BCUT2D eigenvalue weighted by Gasteiger charge is -2.31. The maximum Gasteiger partial charge on any atom is 0.322 e. The largest absolute Gasteiger partial charge is 0.480 e. The standard InChI is InChI=1S/C7H11N5O4S2/c13-6(14)5-3-1-2-4-12(5)18(15,16)9-7-8-10-11-17-7/h5H,1-4H2,(H,13,14)(H,8,9,11). The molecular weight excluding hydrogens is 282 g/mol. The molecule has 2 N–H and O–H groups in total. The molecule has 18 heavy (non-hydrogen) atoms. The van der Waals surface area contributed by atoms with E-state index in [0.29, 0.717) is 19.3 Å². The third-order valence-corrected chi connectivity index (χ3v) is 4.71. The minimum absolute atomic E-state index is 0.0183. The summed E-state index contributed by atoms with van der Waals surface area (Å²) in [6.07, 6.45) is 1.65. The molecule has 1 aliphatic rings. The molecule has 1 unspecified atom stereocenters. The van der Waals surface area contributed by atoms with E-state index in [0.717, 1.165) is 15.8 Å². The number of nitrogens with one attached hydrogen (secondary N) is 1. The van der Waals surface area contributed by atoms with Gasteiger partial charge in [0.2, 0.25) is 5.13 Å². The van der Waals surface area contributed by atoms with Crippen LogP contribution in [0.2, 0.25) is 0 Å². The quantitative estimate of drug-likeness (QED) is 0.768. The molecule has 0 saturated carbocycles. The number of aromatic nitrogens is 3. The van der Waals surface area contributed by atoms with E-state index in [1.165, 1.54) is 0 Å². The molecule has 1 aromatic rings. The zero-order valence-electron chi connectivity index (χ0n) is 9.18. The number of aliphatic carboxylic acids is 1. The summed E-state index contributed by atoms with van der Waals surface area (Å²) in [5, 5.41) is 15.8. The third kappa shape index (κ3) is 2.73. The van der Waals surface area contributed by atoms with Crippen molar-refractivity contribution >= 4 is 32.8 Å². The van der Waals surface area contributed by atoms with Crippen LogP contribution in [0, 0.1) is 0 Å². The van der Waals surface area contributed by atoms with Crippen LogP contribution < -0.4 is 4.72 Å². The molecule has 1 aromatic heterocycles. The topological polar surface area (TPSA) is 125 Å². The van der Waals surface area contributed by atoms with Gasteiger partial charge in [-0.05, 0) is 24.5 Å². The van der Waals surface area contributed by atoms with Gasteiger partial charge in [0, 0.05) is 18.1 Å². The van der Waals surface area contributed by atoms with Crippen molar-refractivity contribution in [1.82, 2.24) is 19.1 Å². The molecule has 1 atom stereocenters. The zero-order chi connectivity index (χ0) is 13.2. The van der Waals surface area contributed by atoms with Crippen LogP contribution in [-0.2, 0) is 15.0 Å². The average Bonchev–Trinajstić information content (AvgIpc) is 2.81. The van der Waals surface area contributed by atoms with E-state index in [-0.39, 0.29) is 11.7 Å². The minimum atomic E-state index is -3.93. The molecule has 11 heteroatoms. The Balaban J connectivity index is 2.19. The van der Waals surface area contributed by atoms with Crippen molar-refractivity contribution in [2.75, 3.05) is 11.3 Å². The predicted molar refractivity (Wildman–Crippen MR) is 62.2 cm³/mol. The SMILES string of the molecule is O=C(O)C1CCCCN1S(=O)(=O)Nc1nnns1. The molecule has 0 spiro atoms. The first-order chi connectivity index (χ1) is 8.50. The lowest BCUT2D eigenvalue weighted by Crippen LogP contribution is -2.49. The van der Waals surface area contributed by atoms with E-state index in [1.807, 2.05) is 0 Å². The van der Waals surface area contributed by atoms with Crippen LogP contribution >= 0.6 is 11.5 Å². The highest BCUT2D eigenvalue weighted by Crippen LogP contribution is 2.22. The van der Waals surface area contributed by atoms with E-state index < -0.39 is 22.2 Å². The van der Waals surface area contributed by atoms with Gasteiger partial charge in [0.15, 0.2) is 0 Å². The van der Waals surface area contributed by atoms with Gasteiger partial charge in [-0.3, -0.25) is 4.79 Å². The summed E-state index contributed by atoms with van der Waals surface area (Å²) in [5.74, 6) is -1.14. The lowest BCUT2D eigenvalue weighted by atomic mass is 10.1. The fourth-order valence-electron chi connectivity index (χ4n) is 1.78. The van der Waals surface area contributed by atoms with Crippen LogP contribution in [0.1, 0.15) is 19.3 Å². The van der Waals surface area contributed by atoms with Crippen molar-refractivity contribution in [2.45, 2.75) is 25.3 Å². The summed E-state index contributed by atoms with van der Waals surface area (Å²) < 4.78 is 30.6. The van der Waals surface area contributed by atoms with Crippen LogP contribution in [0.25, 0.3) is 0 Å². The van der Waals surface area contributed by atoms with Gasteiger partial charge < -0.3 is 5.11 Å². The highest BCUT2D eigenvalue weighted by molar-refractivity contribution is 7.90. The Kier molecular flexibility index (Phi) is 3.73. The normalized spacial score (nSPS) is 21.7. The van der Waals surface area contributed by atoms with E-state index in [2.05, 4.69) is 19.5 Å². The Labute approximate surface area is 107 Å². The first-order valence-corrected chi connectivity index (χ1v) is 7.39. The second-order valence-electron chi connectivity index (χ2n) is 3.74. The van der Waals surface area contributed by atoms with Gasteiger partial charge in [-0.2, -0.15) is 12.7 Å². The van der Waals surface area contributed by atoms with E-state index in [9.17, 15) is 13.2 Å². The molecular formula is C7H11N5O4S2. The third-order valence-electron chi connectivity index (χ3n) is 2.56. The van der Waals surface area contributed by atoms with Crippen molar-refractivity contribution in [3.8, 4) is 0 Å². The van der Waals surface area contributed by atoms with Crippen LogP contribution in [0.3, 0.4) is 0 Å². The Bertz CT molecular complexity index is 516. The number of anilines is 1. The second kappa shape index (κ2) is 5.12. The fraction of sp³-hybridized carbons (Fsp3) is 0.714. The number of piperidine rings is 1. The van der Waals surface area contributed by atoms with Crippen molar-refractivity contribution in [1.29, 1.82) is 0 Å². The molecule has 0 aromatic carbocycles. The molecule has 9 nitrogen and oxygen atoms in total. The average molecular weight is 293 g/mol. The fourth-order valence-corrected chi connectivity index (χ4v) is 3.75.